The first-order valence-corrected chi connectivity index (χ1v) is 10.7. The molecule has 0 aliphatic carbocycles. The Morgan fingerprint density at radius 3 is 2.21 bits per heavy atom. The largest absolute Gasteiger partial charge is 0.423 e. The van der Waals surface area contributed by atoms with Crippen molar-refractivity contribution in [3.63, 3.8) is 0 Å². The molecule has 166 valence electrons. The smallest absolute Gasteiger partial charge is 0.343 e. The lowest BCUT2D eigenvalue weighted by molar-refractivity contribution is -0.120. The fraction of sp³-hybridized carbons (Fsp3) is 0.0800. The van der Waals surface area contributed by atoms with E-state index in [4.69, 9.17) is 27.9 Å². The third-order valence-corrected chi connectivity index (χ3v) is 5.65. The SMILES string of the molecule is Cc1ccc(C)c(OC(=O)c2ccc(NC3=C(Cl)C(=O)N(c4ccc(Cl)cc4)C3=O)cc2)c1. The van der Waals surface area contributed by atoms with Gasteiger partial charge in [-0.2, -0.15) is 0 Å². The summed E-state index contributed by atoms with van der Waals surface area (Å²) in [6.07, 6.45) is 0. The number of benzene rings is 3. The van der Waals surface area contributed by atoms with E-state index in [2.05, 4.69) is 5.32 Å². The average Bonchev–Trinajstić information content (AvgIpc) is 3.00. The number of anilines is 2. The summed E-state index contributed by atoms with van der Waals surface area (Å²) < 4.78 is 5.50. The van der Waals surface area contributed by atoms with Crippen molar-refractivity contribution in [2.45, 2.75) is 13.8 Å². The highest BCUT2D eigenvalue weighted by Crippen LogP contribution is 2.31. The molecule has 4 rings (SSSR count). The van der Waals surface area contributed by atoms with E-state index < -0.39 is 17.8 Å². The lowest BCUT2D eigenvalue weighted by Gasteiger charge is -2.15. The number of nitrogens with one attached hydrogen (secondary N) is 1. The summed E-state index contributed by atoms with van der Waals surface area (Å²) >= 11 is 12.0. The maximum Gasteiger partial charge on any atom is 0.343 e. The summed E-state index contributed by atoms with van der Waals surface area (Å²) in [6.45, 7) is 3.78. The van der Waals surface area contributed by atoms with Crippen LogP contribution in [0.4, 0.5) is 11.4 Å². The number of rotatable bonds is 5. The van der Waals surface area contributed by atoms with Crippen LogP contribution in [-0.2, 0) is 9.59 Å². The van der Waals surface area contributed by atoms with Crippen molar-refractivity contribution in [2.75, 3.05) is 10.2 Å². The number of amides is 2. The monoisotopic (exact) mass is 480 g/mol. The fourth-order valence-corrected chi connectivity index (χ4v) is 3.58. The summed E-state index contributed by atoms with van der Waals surface area (Å²) in [4.78, 5) is 38.9. The lowest BCUT2D eigenvalue weighted by Crippen LogP contribution is -2.32. The Bertz CT molecular complexity index is 1300. The van der Waals surface area contributed by atoms with Crippen LogP contribution in [0, 0.1) is 13.8 Å². The van der Waals surface area contributed by atoms with E-state index in [1.54, 1.807) is 54.6 Å². The first kappa shape index (κ1) is 22.6. The number of esters is 1. The van der Waals surface area contributed by atoms with Gasteiger partial charge < -0.3 is 10.1 Å². The second-order valence-corrected chi connectivity index (χ2v) is 8.29. The number of halogens is 2. The highest BCUT2D eigenvalue weighted by Gasteiger charge is 2.38. The minimum absolute atomic E-state index is 0.0534. The molecule has 0 unspecified atom stereocenters. The van der Waals surface area contributed by atoms with Gasteiger partial charge in [-0.25, -0.2) is 9.69 Å². The maximum atomic E-state index is 12.8. The van der Waals surface area contributed by atoms with Gasteiger partial charge in [0.05, 0.1) is 11.3 Å². The first-order valence-electron chi connectivity index (χ1n) is 9.95. The van der Waals surface area contributed by atoms with Gasteiger partial charge in [0.2, 0.25) is 0 Å². The van der Waals surface area contributed by atoms with Crippen molar-refractivity contribution < 1.29 is 19.1 Å². The van der Waals surface area contributed by atoms with Crippen LogP contribution in [0.5, 0.6) is 5.75 Å². The third-order valence-electron chi connectivity index (χ3n) is 5.05. The number of carbonyl (C=O) groups is 3. The number of imide groups is 1. The molecule has 1 aliphatic rings. The number of aryl methyl sites for hydroxylation is 2. The van der Waals surface area contributed by atoms with Gasteiger partial charge in [-0.15, -0.1) is 0 Å². The first-order chi connectivity index (χ1) is 15.7. The maximum absolute atomic E-state index is 12.8. The highest BCUT2D eigenvalue weighted by molar-refractivity contribution is 6.53. The van der Waals surface area contributed by atoms with E-state index >= 15 is 0 Å². The number of carbonyl (C=O) groups excluding carboxylic acids is 3. The van der Waals surface area contributed by atoms with Crippen LogP contribution in [0.25, 0.3) is 0 Å². The molecule has 0 bridgehead atoms. The van der Waals surface area contributed by atoms with Gasteiger partial charge in [0.25, 0.3) is 11.8 Å². The molecule has 0 saturated heterocycles. The molecule has 1 N–H and O–H groups in total. The summed E-state index contributed by atoms with van der Waals surface area (Å²) in [5.74, 6) is -1.24. The van der Waals surface area contributed by atoms with Crippen molar-refractivity contribution in [3.05, 3.63) is 99.2 Å². The van der Waals surface area contributed by atoms with Gasteiger partial charge in [-0.1, -0.05) is 35.3 Å². The zero-order valence-electron chi connectivity index (χ0n) is 17.7. The van der Waals surface area contributed by atoms with Crippen LogP contribution in [0.15, 0.2) is 77.5 Å². The topological polar surface area (TPSA) is 75.7 Å². The molecule has 0 spiro atoms. The second kappa shape index (κ2) is 9.10. The number of hydrogen-bond donors (Lipinski definition) is 1. The predicted molar refractivity (Wildman–Crippen MR) is 128 cm³/mol. The van der Waals surface area contributed by atoms with Crippen LogP contribution in [0.2, 0.25) is 5.02 Å². The molecule has 6 nitrogen and oxygen atoms in total. The zero-order valence-corrected chi connectivity index (χ0v) is 19.2. The standard InChI is InChI=1S/C25H18Cl2N2O4/c1-14-3-4-15(2)20(13-14)33-25(32)16-5-9-18(10-6-16)28-22-21(27)23(30)29(24(22)31)19-11-7-17(26)8-12-19/h3-13,28H,1-2H3. The minimum Gasteiger partial charge on any atom is -0.423 e. The fourth-order valence-electron chi connectivity index (χ4n) is 3.25. The molecule has 0 aromatic heterocycles. The van der Waals surface area contributed by atoms with Crippen molar-refractivity contribution in [1.82, 2.24) is 0 Å². The summed E-state index contributed by atoms with van der Waals surface area (Å²) in [7, 11) is 0. The molecule has 8 heteroatoms. The van der Waals surface area contributed by atoms with Gasteiger partial charge >= 0.3 is 5.97 Å². The van der Waals surface area contributed by atoms with Crippen LogP contribution >= 0.6 is 23.2 Å². The molecule has 2 amide bonds. The Morgan fingerprint density at radius 2 is 1.55 bits per heavy atom. The molecule has 1 heterocycles. The molecule has 33 heavy (non-hydrogen) atoms. The van der Waals surface area contributed by atoms with Crippen molar-refractivity contribution in [3.8, 4) is 5.75 Å². The predicted octanol–water partition coefficient (Wildman–Crippen LogP) is 5.61. The van der Waals surface area contributed by atoms with Crippen molar-refractivity contribution in [2.24, 2.45) is 0 Å². The quantitative estimate of drug-likeness (QED) is 0.291. The number of nitrogens with zero attached hydrogens (tertiary/aromatic N) is 1. The van der Waals surface area contributed by atoms with Crippen molar-refractivity contribution in [1.29, 1.82) is 0 Å². The van der Waals surface area contributed by atoms with E-state index in [0.29, 0.717) is 27.7 Å². The van der Waals surface area contributed by atoms with Crippen LogP contribution in [0.1, 0.15) is 21.5 Å². The lowest BCUT2D eigenvalue weighted by atomic mass is 10.1. The van der Waals surface area contributed by atoms with E-state index in [-0.39, 0.29) is 10.7 Å². The summed E-state index contributed by atoms with van der Waals surface area (Å²) in [5.41, 5.74) is 2.94. The number of ether oxygens (including phenoxy) is 1. The van der Waals surface area contributed by atoms with Gasteiger partial charge in [0.15, 0.2) is 0 Å². The molecule has 0 atom stereocenters. The Labute approximate surface area is 200 Å². The van der Waals surface area contributed by atoms with E-state index in [0.717, 1.165) is 16.0 Å². The Kier molecular flexibility index (Phi) is 6.22. The zero-order chi connectivity index (χ0) is 23.7. The summed E-state index contributed by atoms with van der Waals surface area (Å²) in [6, 6.07) is 18.2. The minimum atomic E-state index is -0.639. The molecule has 3 aromatic carbocycles. The van der Waals surface area contributed by atoms with Gasteiger partial charge in [0.1, 0.15) is 16.5 Å². The van der Waals surface area contributed by atoms with Crippen LogP contribution in [0.3, 0.4) is 0 Å². The Hall–Kier alpha value is -3.61. The van der Waals surface area contributed by atoms with Gasteiger partial charge in [-0.3, -0.25) is 9.59 Å². The molecule has 3 aromatic rings. The Balaban J connectivity index is 1.49. The highest BCUT2D eigenvalue weighted by atomic mass is 35.5. The van der Waals surface area contributed by atoms with Crippen LogP contribution in [-0.4, -0.2) is 17.8 Å². The molecular formula is C25H18Cl2N2O4. The normalized spacial score (nSPS) is 13.5. The molecule has 0 radical (unpaired) electrons. The van der Waals surface area contributed by atoms with E-state index in [1.807, 2.05) is 26.0 Å². The van der Waals surface area contributed by atoms with Gasteiger partial charge in [0, 0.05) is 10.7 Å². The molecule has 0 fully saturated rings. The number of hydrogen-bond acceptors (Lipinski definition) is 5. The van der Waals surface area contributed by atoms with E-state index in [9.17, 15) is 14.4 Å². The van der Waals surface area contributed by atoms with Crippen LogP contribution < -0.4 is 15.0 Å². The molecule has 0 saturated carbocycles. The summed E-state index contributed by atoms with van der Waals surface area (Å²) in [5, 5.41) is 3.12. The third kappa shape index (κ3) is 4.62. The Morgan fingerprint density at radius 1 is 0.879 bits per heavy atom. The van der Waals surface area contributed by atoms with Crippen molar-refractivity contribution >= 4 is 52.4 Å². The average molecular weight is 481 g/mol. The van der Waals surface area contributed by atoms with Gasteiger partial charge in [-0.05, 0) is 79.6 Å². The molecule has 1 aliphatic heterocycles. The molecular weight excluding hydrogens is 463 g/mol. The second-order valence-electron chi connectivity index (χ2n) is 7.47. The van der Waals surface area contributed by atoms with E-state index in [1.165, 1.54) is 0 Å².